The average molecular weight is 406 g/mol. The first-order chi connectivity index (χ1) is 12.6. The molecule has 0 aromatic heterocycles. The van der Waals surface area contributed by atoms with Gasteiger partial charge in [0.25, 0.3) is 11.8 Å². The van der Waals surface area contributed by atoms with Crippen molar-refractivity contribution in [3.63, 3.8) is 0 Å². The number of carbonyl (C=O) groups is 3. The summed E-state index contributed by atoms with van der Waals surface area (Å²) < 4.78 is 34.7. The van der Waals surface area contributed by atoms with Gasteiger partial charge >= 0.3 is 16.4 Å². The molecule has 4 amide bonds. The van der Waals surface area contributed by atoms with E-state index in [0.717, 1.165) is 4.90 Å². The second-order valence-corrected chi connectivity index (χ2v) is 7.19. The third-order valence-electron chi connectivity index (χ3n) is 4.14. The lowest BCUT2D eigenvalue weighted by atomic mass is 10.0. The van der Waals surface area contributed by atoms with E-state index in [-0.39, 0.29) is 25.9 Å². The topological polar surface area (TPSA) is 177 Å². The highest BCUT2D eigenvalue weighted by Gasteiger charge is 2.49. The van der Waals surface area contributed by atoms with E-state index in [2.05, 4.69) is 25.6 Å². The number of hydrazine groups is 1. The number of fused-ring (bicyclic) bond motifs is 2. The molecular formula is C11H18N8O7S. The quantitative estimate of drug-likeness (QED) is 0.332. The van der Waals surface area contributed by atoms with Crippen molar-refractivity contribution in [1.82, 2.24) is 30.8 Å². The first kappa shape index (κ1) is 19.1. The monoisotopic (exact) mass is 406 g/mol. The number of piperidine rings is 1. The van der Waals surface area contributed by atoms with Gasteiger partial charge in [-0.15, -0.1) is 4.28 Å². The van der Waals surface area contributed by atoms with Crippen molar-refractivity contribution in [2.45, 2.75) is 24.9 Å². The minimum atomic E-state index is -4.86. The van der Waals surface area contributed by atoms with Gasteiger partial charge in [0.2, 0.25) is 0 Å². The minimum Gasteiger partial charge on any atom is -0.309 e. The molecule has 16 heteroatoms. The molecule has 3 rings (SSSR count). The van der Waals surface area contributed by atoms with E-state index in [1.165, 1.54) is 10.0 Å². The predicted octanol–water partition coefficient (Wildman–Crippen LogP) is -2.38. The van der Waals surface area contributed by atoms with Crippen LogP contribution < -0.4 is 10.9 Å². The Morgan fingerprint density at radius 3 is 2.67 bits per heavy atom. The normalized spacial score (nSPS) is 24.6. The molecule has 0 aromatic rings. The zero-order chi connectivity index (χ0) is 19.8. The fraction of sp³-hybridized carbons (Fsp3) is 0.727. The highest BCUT2D eigenvalue weighted by Crippen LogP contribution is 2.30. The summed E-state index contributed by atoms with van der Waals surface area (Å²) in [6, 6.07) is -2.38. The molecule has 0 radical (unpaired) electrons. The average Bonchev–Trinajstić information content (AvgIpc) is 3.09. The Hall–Kier alpha value is -2.72. The second-order valence-electron chi connectivity index (χ2n) is 6.19. The van der Waals surface area contributed by atoms with Gasteiger partial charge in [-0.2, -0.15) is 13.5 Å². The Morgan fingerprint density at radius 2 is 2.04 bits per heavy atom. The smallest absolute Gasteiger partial charge is 0.309 e. The molecule has 0 saturated carbocycles. The summed E-state index contributed by atoms with van der Waals surface area (Å²) in [5, 5.41) is 10.9. The minimum absolute atomic E-state index is 0.0564. The molecule has 2 atom stereocenters. The Labute approximate surface area is 153 Å². The molecule has 150 valence electrons. The van der Waals surface area contributed by atoms with E-state index in [1.807, 2.05) is 0 Å². The summed E-state index contributed by atoms with van der Waals surface area (Å²) >= 11 is 0. The van der Waals surface area contributed by atoms with Crippen LogP contribution in [0.2, 0.25) is 0 Å². The first-order valence-electron chi connectivity index (χ1n) is 7.87. The molecule has 0 unspecified atom stereocenters. The number of urea groups is 1. The Bertz CT molecular complexity index is 773. The summed E-state index contributed by atoms with van der Waals surface area (Å²) in [5.41, 5.74) is 4.46. The Kier molecular flexibility index (Phi) is 5.03. The maximum Gasteiger partial charge on any atom is 0.418 e. The zero-order valence-electron chi connectivity index (χ0n) is 14.2. The number of hydrogen-bond acceptors (Lipinski definition) is 10. The van der Waals surface area contributed by atoms with Crippen LogP contribution in [-0.2, 0) is 24.3 Å². The third kappa shape index (κ3) is 4.34. The van der Waals surface area contributed by atoms with Crippen LogP contribution in [-0.4, -0.2) is 89.7 Å². The SMILES string of the molecule is CN1CN(CC(=O)NNC(=O)[C@@H]2CC[C@@H]3CN2C(=O)N3OS(=O)(=O)O)N=N1. The molecule has 0 aromatic carbocycles. The van der Waals surface area contributed by atoms with Crippen LogP contribution in [0, 0.1) is 0 Å². The number of carbonyl (C=O) groups excluding carboxylic acids is 3. The van der Waals surface area contributed by atoms with E-state index in [9.17, 15) is 22.8 Å². The van der Waals surface area contributed by atoms with Crippen LogP contribution >= 0.6 is 0 Å². The Morgan fingerprint density at radius 1 is 1.30 bits per heavy atom. The number of nitrogens with zero attached hydrogens (tertiary/aromatic N) is 6. The van der Waals surface area contributed by atoms with Gasteiger partial charge in [-0.05, 0) is 12.8 Å². The van der Waals surface area contributed by atoms with Crippen molar-refractivity contribution in [3.8, 4) is 0 Å². The highest BCUT2D eigenvalue weighted by atomic mass is 32.3. The third-order valence-corrected chi connectivity index (χ3v) is 4.49. The van der Waals surface area contributed by atoms with Crippen molar-refractivity contribution in [3.05, 3.63) is 0 Å². The van der Waals surface area contributed by atoms with Crippen molar-refractivity contribution in [2.75, 3.05) is 26.8 Å². The molecule has 2 fully saturated rings. The van der Waals surface area contributed by atoms with Gasteiger partial charge in [0.15, 0.2) is 0 Å². The molecule has 3 N–H and O–H groups in total. The van der Waals surface area contributed by atoms with E-state index in [1.54, 1.807) is 7.05 Å². The predicted molar refractivity (Wildman–Crippen MR) is 83.9 cm³/mol. The van der Waals surface area contributed by atoms with Crippen LogP contribution in [0.1, 0.15) is 12.8 Å². The molecule has 3 heterocycles. The van der Waals surface area contributed by atoms with Crippen molar-refractivity contribution in [2.24, 2.45) is 10.4 Å². The number of nitrogens with one attached hydrogen (secondary N) is 2. The van der Waals surface area contributed by atoms with Gasteiger partial charge in [-0.25, -0.2) is 9.80 Å². The maximum absolute atomic E-state index is 12.3. The second kappa shape index (κ2) is 7.12. The summed E-state index contributed by atoms with van der Waals surface area (Å²) in [6.07, 6.45) is 0.513. The lowest BCUT2D eigenvalue weighted by Crippen LogP contribution is -2.55. The van der Waals surface area contributed by atoms with Crippen molar-refractivity contribution >= 4 is 28.2 Å². The highest BCUT2D eigenvalue weighted by molar-refractivity contribution is 7.80. The molecular weight excluding hydrogens is 388 g/mol. The van der Waals surface area contributed by atoms with Crippen LogP contribution in [0.4, 0.5) is 4.79 Å². The molecule has 3 aliphatic heterocycles. The van der Waals surface area contributed by atoms with Crippen molar-refractivity contribution in [1.29, 1.82) is 0 Å². The van der Waals surface area contributed by atoms with Gasteiger partial charge in [-0.3, -0.25) is 30.0 Å². The number of hydroxylamine groups is 2. The molecule has 0 aliphatic carbocycles. The van der Waals surface area contributed by atoms with Crippen molar-refractivity contribution < 1.29 is 31.6 Å². The number of amides is 4. The van der Waals surface area contributed by atoms with Gasteiger partial charge in [0.05, 0.1) is 6.04 Å². The van der Waals surface area contributed by atoms with E-state index in [4.69, 9.17) is 4.55 Å². The zero-order valence-corrected chi connectivity index (χ0v) is 15.0. The number of rotatable bonds is 5. The lowest BCUT2D eigenvalue weighted by Gasteiger charge is -2.29. The fourth-order valence-electron chi connectivity index (χ4n) is 3.02. The van der Waals surface area contributed by atoms with E-state index in [0.29, 0.717) is 11.7 Å². The van der Waals surface area contributed by atoms with Crippen LogP contribution in [0.3, 0.4) is 0 Å². The summed E-state index contributed by atoms with van der Waals surface area (Å²) in [6.45, 7) is 0.262. The van der Waals surface area contributed by atoms with Crippen LogP contribution in [0.5, 0.6) is 0 Å². The van der Waals surface area contributed by atoms with Gasteiger partial charge in [-0.1, -0.05) is 10.4 Å². The molecule has 0 spiro atoms. The van der Waals surface area contributed by atoms with E-state index >= 15 is 0 Å². The standard InChI is InChI=1S/C11H18N8O7S/c1-16-6-17(15-14-16)5-9(20)12-13-10(21)8-3-2-7-4-18(8)11(22)19(7)26-27(23,24)25/h7-8H,2-6H2,1H3,(H,12,20)(H,13,21)(H,23,24,25)/t7-,8+/m1/s1. The largest absolute Gasteiger partial charge is 0.418 e. The summed E-state index contributed by atoms with van der Waals surface area (Å²) in [4.78, 5) is 37.5. The number of hydrogen-bond donors (Lipinski definition) is 3. The van der Waals surface area contributed by atoms with Crippen LogP contribution in [0.15, 0.2) is 10.4 Å². The summed E-state index contributed by atoms with van der Waals surface area (Å²) in [7, 11) is -3.18. The summed E-state index contributed by atoms with van der Waals surface area (Å²) in [5.74, 6) is -1.17. The van der Waals surface area contributed by atoms with Gasteiger partial charge in [0.1, 0.15) is 19.3 Å². The lowest BCUT2D eigenvalue weighted by molar-refractivity contribution is -0.132. The molecule has 2 bridgehead atoms. The first-order valence-corrected chi connectivity index (χ1v) is 9.24. The Balaban J connectivity index is 1.51. The van der Waals surface area contributed by atoms with E-state index < -0.39 is 40.3 Å². The van der Waals surface area contributed by atoms with Gasteiger partial charge < -0.3 is 4.90 Å². The molecule has 3 aliphatic rings. The molecule has 2 saturated heterocycles. The van der Waals surface area contributed by atoms with Crippen LogP contribution in [0.25, 0.3) is 0 Å². The molecule has 27 heavy (non-hydrogen) atoms. The van der Waals surface area contributed by atoms with Gasteiger partial charge in [0, 0.05) is 13.6 Å². The maximum atomic E-state index is 12.3. The fourth-order valence-corrected chi connectivity index (χ4v) is 3.41. The molecule has 15 nitrogen and oxygen atoms in total.